The smallest absolute Gasteiger partial charge is 0.134 e. The van der Waals surface area contributed by atoms with Crippen molar-refractivity contribution < 1.29 is 4.42 Å². The monoisotopic (exact) mass is 257 g/mol. The van der Waals surface area contributed by atoms with Crippen LogP contribution in [0.5, 0.6) is 0 Å². The molecule has 2 aromatic rings. The summed E-state index contributed by atoms with van der Waals surface area (Å²) in [6.45, 7) is 7.44. The molecule has 19 heavy (non-hydrogen) atoms. The highest BCUT2D eigenvalue weighted by molar-refractivity contribution is 5.62. The normalized spacial score (nSPS) is 12.6. The lowest BCUT2D eigenvalue weighted by atomic mass is 10.0. The van der Waals surface area contributed by atoms with E-state index in [9.17, 15) is 0 Å². The second-order valence-electron chi connectivity index (χ2n) is 4.73. The van der Waals surface area contributed by atoms with Gasteiger partial charge in [-0.1, -0.05) is 45.0 Å². The lowest BCUT2D eigenvalue weighted by Crippen LogP contribution is -2.19. The summed E-state index contributed by atoms with van der Waals surface area (Å²) in [5, 5.41) is 3.45. The van der Waals surface area contributed by atoms with Gasteiger partial charge in [0.25, 0.3) is 0 Å². The van der Waals surface area contributed by atoms with Gasteiger partial charge < -0.3 is 9.73 Å². The molecule has 1 aromatic carbocycles. The molecule has 0 aliphatic heterocycles. The van der Waals surface area contributed by atoms with Crippen LogP contribution >= 0.6 is 0 Å². The number of hydrogen-bond acceptors (Lipinski definition) is 2. The minimum atomic E-state index is 0.313. The van der Waals surface area contributed by atoms with E-state index in [4.69, 9.17) is 4.42 Å². The molecular weight excluding hydrogens is 234 g/mol. The van der Waals surface area contributed by atoms with E-state index in [2.05, 4.69) is 62.5 Å². The van der Waals surface area contributed by atoms with Crippen molar-refractivity contribution >= 4 is 0 Å². The fourth-order valence-electron chi connectivity index (χ4n) is 2.45. The average molecular weight is 257 g/mol. The zero-order valence-electron chi connectivity index (χ0n) is 12.1. The van der Waals surface area contributed by atoms with Gasteiger partial charge in [-0.2, -0.15) is 0 Å². The Morgan fingerprint density at radius 3 is 2.53 bits per heavy atom. The Bertz CT molecular complexity index is 515. The highest BCUT2D eigenvalue weighted by Crippen LogP contribution is 2.29. The van der Waals surface area contributed by atoms with Crippen molar-refractivity contribution in [1.82, 2.24) is 5.32 Å². The Morgan fingerprint density at radius 2 is 1.84 bits per heavy atom. The Hall–Kier alpha value is -1.54. The van der Waals surface area contributed by atoms with Crippen molar-refractivity contribution in [3.8, 4) is 11.3 Å². The molecule has 102 valence electrons. The molecule has 2 nitrogen and oxygen atoms in total. The van der Waals surface area contributed by atoms with Crippen molar-refractivity contribution in [2.24, 2.45) is 0 Å². The molecule has 2 heteroatoms. The lowest BCUT2D eigenvalue weighted by molar-refractivity contribution is 0.417. The second-order valence-corrected chi connectivity index (χ2v) is 4.73. The van der Waals surface area contributed by atoms with E-state index in [1.165, 1.54) is 11.1 Å². The fourth-order valence-corrected chi connectivity index (χ4v) is 2.45. The molecule has 1 heterocycles. The SMILES string of the molecule is CCNC(CC)c1ccc(-c2ccccc2CC)o1. The summed E-state index contributed by atoms with van der Waals surface area (Å²) < 4.78 is 6.06. The van der Waals surface area contributed by atoms with Gasteiger partial charge in [-0.25, -0.2) is 0 Å². The number of nitrogens with one attached hydrogen (secondary N) is 1. The van der Waals surface area contributed by atoms with Crippen molar-refractivity contribution in [2.75, 3.05) is 6.54 Å². The molecule has 1 N–H and O–H groups in total. The third kappa shape index (κ3) is 3.07. The van der Waals surface area contributed by atoms with Gasteiger partial charge in [-0.05, 0) is 37.1 Å². The molecule has 0 radical (unpaired) electrons. The summed E-state index contributed by atoms with van der Waals surface area (Å²) in [4.78, 5) is 0. The van der Waals surface area contributed by atoms with Crippen LogP contribution in [0.2, 0.25) is 0 Å². The standard InChI is InChI=1S/C17H23NO/c1-4-13-9-7-8-10-14(13)16-11-12-17(19-16)15(5-2)18-6-3/h7-12,15,18H,4-6H2,1-3H3. The number of rotatable bonds is 6. The van der Waals surface area contributed by atoms with Gasteiger partial charge in [-0.3, -0.25) is 0 Å². The topological polar surface area (TPSA) is 25.2 Å². The molecule has 0 bridgehead atoms. The van der Waals surface area contributed by atoms with Gasteiger partial charge in [0.1, 0.15) is 11.5 Å². The van der Waals surface area contributed by atoms with Crippen molar-refractivity contribution in [1.29, 1.82) is 0 Å². The molecule has 0 fully saturated rings. The van der Waals surface area contributed by atoms with E-state index in [0.717, 1.165) is 30.9 Å². The largest absolute Gasteiger partial charge is 0.459 e. The average Bonchev–Trinajstić information content (AvgIpc) is 2.94. The van der Waals surface area contributed by atoms with Crippen LogP contribution in [0.15, 0.2) is 40.8 Å². The summed E-state index contributed by atoms with van der Waals surface area (Å²) in [7, 11) is 0. The third-order valence-corrected chi connectivity index (χ3v) is 3.49. The van der Waals surface area contributed by atoms with Gasteiger partial charge in [0.05, 0.1) is 6.04 Å². The molecule has 0 amide bonds. The van der Waals surface area contributed by atoms with E-state index >= 15 is 0 Å². The molecule has 2 rings (SSSR count). The van der Waals surface area contributed by atoms with Crippen LogP contribution in [-0.4, -0.2) is 6.54 Å². The summed E-state index contributed by atoms with van der Waals surface area (Å²) >= 11 is 0. The highest BCUT2D eigenvalue weighted by Gasteiger charge is 2.14. The van der Waals surface area contributed by atoms with E-state index in [1.54, 1.807) is 0 Å². The molecular formula is C17H23NO. The third-order valence-electron chi connectivity index (χ3n) is 3.49. The number of furan rings is 1. The minimum Gasteiger partial charge on any atom is -0.459 e. The first-order valence-corrected chi connectivity index (χ1v) is 7.21. The van der Waals surface area contributed by atoms with Gasteiger partial charge in [0, 0.05) is 5.56 Å². The first kappa shape index (κ1) is 13.9. The Labute approximate surface area is 115 Å². The Morgan fingerprint density at radius 1 is 1.05 bits per heavy atom. The first-order chi connectivity index (χ1) is 9.30. The zero-order chi connectivity index (χ0) is 13.7. The van der Waals surface area contributed by atoms with Crippen LogP contribution in [0.25, 0.3) is 11.3 Å². The van der Waals surface area contributed by atoms with Crippen LogP contribution < -0.4 is 5.32 Å². The van der Waals surface area contributed by atoms with E-state index in [0.29, 0.717) is 6.04 Å². The maximum absolute atomic E-state index is 6.06. The first-order valence-electron chi connectivity index (χ1n) is 7.21. The van der Waals surface area contributed by atoms with Crippen LogP contribution in [-0.2, 0) is 6.42 Å². The minimum absolute atomic E-state index is 0.313. The molecule has 0 spiro atoms. The van der Waals surface area contributed by atoms with Crippen LogP contribution in [0.1, 0.15) is 44.6 Å². The predicted molar refractivity (Wildman–Crippen MR) is 80.2 cm³/mol. The predicted octanol–water partition coefficient (Wildman–Crippen LogP) is 4.57. The quantitative estimate of drug-likeness (QED) is 0.820. The maximum atomic E-state index is 6.06. The number of benzene rings is 1. The Balaban J connectivity index is 2.30. The summed E-state index contributed by atoms with van der Waals surface area (Å²) in [5.74, 6) is 2.01. The zero-order valence-corrected chi connectivity index (χ0v) is 12.1. The van der Waals surface area contributed by atoms with Crippen LogP contribution in [0.4, 0.5) is 0 Å². The molecule has 1 unspecified atom stereocenters. The number of hydrogen-bond donors (Lipinski definition) is 1. The van der Waals surface area contributed by atoms with Crippen LogP contribution in [0.3, 0.4) is 0 Å². The summed E-state index contributed by atoms with van der Waals surface area (Å²) in [6, 6.07) is 12.9. The molecule has 0 saturated heterocycles. The van der Waals surface area contributed by atoms with Gasteiger partial charge >= 0.3 is 0 Å². The van der Waals surface area contributed by atoms with Crippen molar-refractivity contribution in [2.45, 2.75) is 39.7 Å². The highest BCUT2D eigenvalue weighted by atomic mass is 16.3. The molecule has 0 aliphatic carbocycles. The maximum Gasteiger partial charge on any atom is 0.134 e. The van der Waals surface area contributed by atoms with Crippen molar-refractivity contribution in [3.05, 3.63) is 47.7 Å². The van der Waals surface area contributed by atoms with Gasteiger partial charge in [-0.15, -0.1) is 0 Å². The second kappa shape index (κ2) is 6.58. The van der Waals surface area contributed by atoms with E-state index in [1.807, 2.05) is 0 Å². The van der Waals surface area contributed by atoms with Gasteiger partial charge in [0.15, 0.2) is 0 Å². The molecule has 0 aliphatic rings. The summed E-state index contributed by atoms with van der Waals surface area (Å²) in [6.07, 6.45) is 2.06. The number of aryl methyl sites for hydroxylation is 1. The van der Waals surface area contributed by atoms with E-state index < -0.39 is 0 Å². The molecule has 1 atom stereocenters. The lowest BCUT2D eigenvalue weighted by Gasteiger charge is -2.12. The van der Waals surface area contributed by atoms with E-state index in [-0.39, 0.29) is 0 Å². The summed E-state index contributed by atoms with van der Waals surface area (Å²) in [5.41, 5.74) is 2.54. The van der Waals surface area contributed by atoms with Gasteiger partial charge in [0.2, 0.25) is 0 Å². The Kier molecular flexibility index (Phi) is 4.80. The van der Waals surface area contributed by atoms with Crippen molar-refractivity contribution in [3.63, 3.8) is 0 Å². The molecule has 1 aromatic heterocycles. The van der Waals surface area contributed by atoms with Crippen LogP contribution in [0, 0.1) is 0 Å². The molecule has 0 saturated carbocycles. The fraction of sp³-hybridized carbons (Fsp3) is 0.412.